The standard InChI is InChI=1S/C18H33N/c1-3-5-6-7-8-9-15(19-4-2)18-16-13-10-11-14(12-13)17(16)18/h13-19H,3-12H2,1-2H3. The molecule has 2 bridgehead atoms. The molecule has 1 nitrogen and oxygen atoms in total. The van der Waals surface area contributed by atoms with Crippen molar-refractivity contribution in [2.75, 3.05) is 6.54 Å². The minimum absolute atomic E-state index is 0.866. The van der Waals surface area contributed by atoms with E-state index in [0.29, 0.717) is 0 Å². The topological polar surface area (TPSA) is 12.0 Å². The second-order valence-electron chi connectivity index (χ2n) is 7.43. The van der Waals surface area contributed by atoms with Crippen LogP contribution in [0, 0.1) is 29.6 Å². The fourth-order valence-corrected chi connectivity index (χ4v) is 5.59. The van der Waals surface area contributed by atoms with Crippen LogP contribution in [0.4, 0.5) is 0 Å². The van der Waals surface area contributed by atoms with Crippen LogP contribution in [0.3, 0.4) is 0 Å². The third kappa shape index (κ3) is 2.73. The molecule has 0 saturated heterocycles. The van der Waals surface area contributed by atoms with Gasteiger partial charge in [-0.15, -0.1) is 0 Å². The summed E-state index contributed by atoms with van der Waals surface area (Å²) in [6.45, 7) is 5.77. The average molecular weight is 263 g/mol. The summed E-state index contributed by atoms with van der Waals surface area (Å²) in [6.07, 6.45) is 13.4. The summed E-state index contributed by atoms with van der Waals surface area (Å²) < 4.78 is 0. The maximum absolute atomic E-state index is 3.83. The number of unbranched alkanes of at least 4 members (excludes halogenated alkanes) is 4. The molecule has 0 aliphatic heterocycles. The normalized spacial score (nSPS) is 40.4. The molecule has 3 fully saturated rings. The molecular formula is C18H33N. The Kier molecular flexibility index (Phi) is 4.51. The maximum atomic E-state index is 3.83. The summed E-state index contributed by atoms with van der Waals surface area (Å²) in [5.41, 5.74) is 0. The monoisotopic (exact) mass is 263 g/mol. The van der Waals surface area contributed by atoms with Crippen LogP contribution >= 0.6 is 0 Å². The second kappa shape index (κ2) is 6.16. The SMILES string of the molecule is CCCCCCCC(NCC)C1C2C3CCC(C3)C21. The van der Waals surface area contributed by atoms with E-state index in [1.54, 1.807) is 19.3 Å². The highest BCUT2D eigenvalue weighted by Gasteiger charge is 2.66. The minimum Gasteiger partial charge on any atom is -0.314 e. The van der Waals surface area contributed by atoms with Crippen molar-refractivity contribution in [2.24, 2.45) is 29.6 Å². The van der Waals surface area contributed by atoms with Crippen LogP contribution in [0.2, 0.25) is 0 Å². The lowest BCUT2D eigenvalue weighted by molar-refractivity contribution is 0.344. The van der Waals surface area contributed by atoms with Gasteiger partial charge in [-0.1, -0.05) is 46.0 Å². The maximum Gasteiger partial charge on any atom is 0.0101 e. The fraction of sp³-hybridized carbons (Fsp3) is 1.00. The zero-order chi connectivity index (χ0) is 13.2. The van der Waals surface area contributed by atoms with E-state index in [1.807, 2.05) is 0 Å². The number of nitrogens with one attached hydrogen (secondary N) is 1. The highest BCUT2D eigenvalue weighted by molar-refractivity contribution is 5.15. The Morgan fingerprint density at radius 1 is 0.947 bits per heavy atom. The molecule has 5 atom stereocenters. The summed E-state index contributed by atoms with van der Waals surface area (Å²) in [7, 11) is 0. The lowest BCUT2D eigenvalue weighted by Crippen LogP contribution is -2.33. The first-order chi connectivity index (χ1) is 9.36. The Bertz CT molecular complexity index is 271. The molecule has 0 amide bonds. The van der Waals surface area contributed by atoms with Gasteiger partial charge in [0.15, 0.2) is 0 Å². The van der Waals surface area contributed by atoms with Gasteiger partial charge >= 0.3 is 0 Å². The highest BCUT2D eigenvalue weighted by atomic mass is 14.9. The molecule has 1 heteroatoms. The average Bonchev–Trinajstić information content (AvgIpc) is 2.84. The predicted octanol–water partition coefficient (Wildman–Crippen LogP) is 4.62. The van der Waals surface area contributed by atoms with Crippen molar-refractivity contribution in [1.82, 2.24) is 5.32 Å². The van der Waals surface area contributed by atoms with Gasteiger partial charge in [0, 0.05) is 6.04 Å². The summed E-state index contributed by atoms with van der Waals surface area (Å²) >= 11 is 0. The summed E-state index contributed by atoms with van der Waals surface area (Å²) in [5, 5.41) is 3.83. The van der Waals surface area contributed by atoms with Gasteiger partial charge in [0.1, 0.15) is 0 Å². The minimum atomic E-state index is 0.866. The van der Waals surface area contributed by atoms with Crippen molar-refractivity contribution >= 4 is 0 Å². The van der Waals surface area contributed by atoms with Gasteiger partial charge in [-0.2, -0.15) is 0 Å². The van der Waals surface area contributed by atoms with Crippen LogP contribution in [0.25, 0.3) is 0 Å². The first-order valence-corrected chi connectivity index (χ1v) is 9.10. The van der Waals surface area contributed by atoms with Gasteiger partial charge in [0.25, 0.3) is 0 Å². The van der Waals surface area contributed by atoms with Crippen molar-refractivity contribution < 1.29 is 0 Å². The van der Waals surface area contributed by atoms with Crippen LogP contribution in [0.5, 0.6) is 0 Å². The molecule has 0 spiro atoms. The fourth-order valence-electron chi connectivity index (χ4n) is 5.59. The Hall–Kier alpha value is -0.0400. The van der Waals surface area contributed by atoms with E-state index in [4.69, 9.17) is 0 Å². The van der Waals surface area contributed by atoms with E-state index >= 15 is 0 Å². The van der Waals surface area contributed by atoms with E-state index in [1.165, 1.54) is 45.1 Å². The van der Waals surface area contributed by atoms with Crippen LogP contribution in [-0.2, 0) is 0 Å². The molecule has 5 unspecified atom stereocenters. The highest BCUT2D eigenvalue weighted by Crippen LogP contribution is 2.70. The number of fused-ring (bicyclic) bond motifs is 5. The molecule has 1 N–H and O–H groups in total. The van der Waals surface area contributed by atoms with Crippen LogP contribution in [0.15, 0.2) is 0 Å². The smallest absolute Gasteiger partial charge is 0.0101 e. The van der Waals surface area contributed by atoms with Crippen LogP contribution in [-0.4, -0.2) is 12.6 Å². The molecule has 0 aromatic heterocycles. The van der Waals surface area contributed by atoms with E-state index in [2.05, 4.69) is 19.2 Å². The molecule has 0 radical (unpaired) electrons. The van der Waals surface area contributed by atoms with Crippen molar-refractivity contribution in [3.8, 4) is 0 Å². The summed E-state index contributed by atoms with van der Waals surface area (Å²) in [4.78, 5) is 0. The number of hydrogen-bond acceptors (Lipinski definition) is 1. The Morgan fingerprint density at radius 2 is 1.63 bits per heavy atom. The Labute approximate surface area is 119 Å². The summed E-state index contributed by atoms with van der Waals surface area (Å²) in [6, 6.07) is 0.866. The van der Waals surface area contributed by atoms with Crippen molar-refractivity contribution in [1.29, 1.82) is 0 Å². The second-order valence-corrected chi connectivity index (χ2v) is 7.43. The van der Waals surface area contributed by atoms with E-state index in [9.17, 15) is 0 Å². The molecule has 3 aliphatic carbocycles. The molecule has 0 heterocycles. The van der Waals surface area contributed by atoms with Gasteiger partial charge in [-0.05, 0) is 61.8 Å². The molecular weight excluding hydrogens is 230 g/mol. The number of rotatable bonds is 9. The third-order valence-electron chi connectivity index (χ3n) is 6.34. The molecule has 110 valence electrons. The van der Waals surface area contributed by atoms with Gasteiger partial charge < -0.3 is 5.32 Å². The zero-order valence-electron chi connectivity index (χ0n) is 13.0. The van der Waals surface area contributed by atoms with Gasteiger partial charge in [-0.25, -0.2) is 0 Å². The third-order valence-corrected chi connectivity index (χ3v) is 6.34. The zero-order valence-corrected chi connectivity index (χ0v) is 13.0. The first-order valence-electron chi connectivity index (χ1n) is 9.10. The Morgan fingerprint density at radius 3 is 2.26 bits per heavy atom. The van der Waals surface area contributed by atoms with Gasteiger partial charge in [-0.3, -0.25) is 0 Å². The molecule has 3 rings (SSSR count). The van der Waals surface area contributed by atoms with Crippen molar-refractivity contribution in [2.45, 2.75) is 77.7 Å². The predicted molar refractivity (Wildman–Crippen MR) is 82.1 cm³/mol. The van der Waals surface area contributed by atoms with Crippen molar-refractivity contribution in [3.05, 3.63) is 0 Å². The van der Waals surface area contributed by atoms with E-state index < -0.39 is 0 Å². The molecule has 3 saturated carbocycles. The quantitative estimate of drug-likeness (QED) is 0.599. The lowest BCUT2D eigenvalue weighted by atomic mass is 9.94. The van der Waals surface area contributed by atoms with Crippen molar-refractivity contribution in [3.63, 3.8) is 0 Å². The van der Waals surface area contributed by atoms with E-state index in [0.717, 1.165) is 35.6 Å². The van der Waals surface area contributed by atoms with Gasteiger partial charge in [0.05, 0.1) is 0 Å². The van der Waals surface area contributed by atoms with Crippen LogP contribution < -0.4 is 5.32 Å². The largest absolute Gasteiger partial charge is 0.314 e. The van der Waals surface area contributed by atoms with Crippen LogP contribution in [0.1, 0.15) is 71.6 Å². The molecule has 0 aromatic carbocycles. The summed E-state index contributed by atoms with van der Waals surface area (Å²) in [5.74, 6) is 5.66. The molecule has 3 aliphatic rings. The Balaban J connectivity index is 1.44. The van der Waals surface area contributed by atoms with Gasteiger partial charge in [0.2, 0.25) is 0 Å². The number of hydrogen-bond donors (Lipinski definition) is 1. The molecule has 19 heavy (non-hydrogen) atoms. The molecule has 0 aromatic rings. The lowest BCUT2D eigenvalue weighted by Gasteiger charge is -2.21. The van der Waals surface area contributed by atoms with E-state index in [-0.39, 0.29) is 0 Å². The first kappa shape index (κ1) is 13.9.